The molecule has 0 bridgehead atoms. The third-order valence-corrected chi connectivity index (χ3v) is 4.00. The van der Waals surface area contributed by atoms with E-state index in [1.165, 1.54) is 19.3 Å². The molecule has 0 spiro atoms. The third kappa shape index (κ3) is 2.80. The first-order valence-electron chi connectivity index (χ1n) is 7.00. The van der Waals surface area contributed by atoms with Crippen LogP contribution < -0.4 is 10.6 Å². The highest BCUT2D eigenvalue weighted by Gasteiger charge is 2.30. The van der Waals surface area contributed by atoms with Crippen LogP contribution in [0, 0.1) is 5.92 Å². The Morgan fingerprint density at radius 2 is 2.22 bits per heavy atom. The minimum absolute atomic E-state index is 0.541. The summed E-state index contributed by atoms with van der Waals surface area (Å²) in [4.78, 5) is 11.0. The van der Waals surface area contributed by atoms with Gasteiger partial charge in [-0.1, -0.05) is 19.8 Å². The lowest BCUT2D eigenvalue weighted by molar-refractivity contribution is 0.472. The van der Waals surface area contributed by atoms with E-state index in [9.17, 15) is 0 Å². The number of aromatic nitrogens is 2. The molecule has 1 heterocycles. The van der Waals surface area contributed by atoms with Crippen molar-refractivity contribution < 1.29 is 0 Å². The Hall–Kier alpha value is -1.16. The number of aryl methyl sites for hydroxylation is 1. The molecule has 2 unspecified atom stereocenters. The fourth-order valence-electron chi connectivity index (χ4n) is 2.94. The molecule has 1 aliphatic rings. The van der Waals surface area contributed by atoms with Crippen molar-refractivity contribution in [2.75, 3.05) is 18.5 Å². The first-order valence-corrected chi connectivity index (χ1v) is 7.00. The van der Waals surface area contributed by atoms with E-state index >= 15 is 0 Å². The normalized spacial score (nSPS) is 23.3. The van der Waals surface area contributed by atoms with Gasteiger partial charge in [0.05, 0.1) is 0 Å². The van der Waals surface area contributed by atoms with Crippen molar-refractivity contribution >= 4 is 5.82 Å². The number of hydrogen-bond acceptors (Lipinski definition) is 4. The zero-order valence-electron chi connectivity index (χ0n) is 11.5. The first-order chi connectivity index (χ1) is 8.76. The van der Waals surface area contributed by atoms with E-state index in [0.717, 1.165) is 30.9 Å². The van der Waals surface area contributed by atoms with Gasteiger partial charge in [-0.2, -0.15) is 0 Å². The molecule has 100 valence electrons. The predicted octanol–water partition coefficient (Wildman–Crippen LogP) is 1.99. The maximum atomic E-state index is 5.86. The van der Waals surface area contributed by atoms with E-state index in [2.05, 4.69) is 34.9 Å². The maximum absolute atomic E-state index is 5.86. The topological polar surface area (TPSA) is 55.0 Å². The fraction of sp³-hybridized carbons (Fsp3) is 0.714. The predicted molar refractivity (Wildman–Crippen MR) is 74.6 cm³/mol. The molecule has 2 N–H and O–H groups in total. The van der Waals surface area contributed by atoms with Crippen LogP contribution in [0.25, 0.3) is 0 Å². The summed E-state index contributed by atoms with van der Waals surface area (Å²) in [5.74, 6) is 1.65. The van der Waals surface area contributed by atoms with Crippen LogP contribution in [0.1, 0.15) is 38.3 Å². The van der Waals surface area contributed by atoms with Crippen LogP contribution in [-0.2, 0) is 6.42 Å². The van der Waals surface area contributed by atoms with Crippen LogP contribution in [0.4, 0.5) is 5.82 Å². The summed E-state index contributed by atoms with van der Waals surface area (Å²) in [6.07, 6.45) is 7.58. The van der Waals surface area contributed by atoms with Crippen LogP contribution in [0.15, 0.2) is 12.4 Å². The van der Waals surface area contributed by atoms with E-state index in [1.807, 2.05) is 0 Å². The van der Waals surface area contributed by atoms with E-state index in [0.29, 0.717) is 12.0 Å². The first kappa shape index (κ1) is 13.3. The SMILES string of the molecule is CCCc1cc(N(C)C2CCCC2CN)ncn1. The maximum Gasteiger partial charge on any atom is 0.132 e. The monoisotopic (exact) mass is 248 g/mol. The summed E-state index contributed by atoms with van der Waals surface area (Å²) < 4.78 is 0. The summed E-state index contributed by atoms with van der Waals surface area (Å²) in [7, 11) is 2.14. The van der Waals surface area contributed by atoms with Gasteiger partial charge in [-0.05, 0) is 31.7 Å². The Morgan fingerprint density at radius 3 is 2.94 bits per heavy atom. The Morgan fingerprint density at radius 1 is 1.39 bits per heavy atom. The average Bonchev–Trinajstić information content (AvgIpc) is 2.87. The average molecular weight is 248 g/mol. The Bertz CT molecular complexity index is 380. The molecule has 0 radical (unpaired) electrons. The van der Waals surface area contributed by atoms with Crippen molar-refractivity contribution in [2.24, 2.45) is 11.7 Å². The number of anilines is 1. The van der Waals surface area contributed by atoms with Crippen LogP contribution in [0.3, 0.4) is 0 Å². The van der Waals surface area contributed by atoms with Crippen LogP contribution in [-0.4, -0.2) is 29.6 Å². The Balaban J connectivity index is 2.12. The van der Waals surface area contributed by atoms with Crippen LogP contribution in [0.5, 0.6) is 0 Å². The van der Waals surface area contributed by atoms with Gasteiger partial charge in [0.1, 0.15) is 12.1 Å². The summed E-state index contributed by atoms with van der Waals surface area (Å²) in [6, 6.07) is 2.66. The van der Waals surface area contributed by atoms with Gasteiger partial charge in [0.15, 0.2) is 0 Å². The largest absolute Gasteiger partial charge is 0.356 e. The van der Waals surface area contributed by atoms with Crippen molar-refractivity contribution in [1.29, 1.82) is 0 Å². The smallest absolute Gasteiger partial charge is 0.132 e. The number of hydrogen-bond donors (Lipinski definition) is 1. The van der Waals surface area contributed by atoms with Crippen molar-refractivity contribution in [3.63, 3.8) is 0 Å². The van der Waals surface area contributed by atoms with Gasteiger partial charge in [0.2, 0.25) is 0 Å². The van der Waals surface area contributed by atoms with Crippen molar-refractivity contribution in [3.8, 4) is 0 Å². The minimum Gasteiger partial charge on any atom is -0.356 e. The summed E-state index contributed by atoms with van der Waals surface area (Å²) >= 11 is 0. The molecule has 0 saturated heterocycles. The molecule has 4 heteroatoms. The zero-order valence-corrected chi connectivity index (χ0v) is 11.5. The Kier molecular flexibility index (Phi) is 4.53. The van der Waals surface area contributed by atoms with Crippen molar-refractivity contribution in [2.45, 2.75) is 45.1 Å². The molecule has 2 rings (SSSR count). The molecular formula is C14H24N4. The highest BCUT2D eigenvalue weighted by atomic mass is 15.2. The van der Waals surface area contributed by atoms with E-state index in [-0.39, 0.29) is 0 Å². The second-order valence-corrected chi connectivity index (χ2v) is 5.22. The van der Waals surface area contributed by atoms with E-state index < -0.39 is 0 Å². The van der Waals surface area contributed by atoms with Gasteiger partial charge in [-0.3, -0.25) is 0 Å². The van der Waals surface area contributed by atoms with Crippen LogP contribution in [0.2, 0.25) is 0 Å². The summed E-state index contributed by atoms with van der Waals surface area (Å²) in [6.45, 7) is 2.95. The van der Waals surface area contributed by atoms with Crippen molar-refractivity contribution in [1.82, 2.24) is 9.97 Å². The molecule has 1 aromatic heterocycles. The summed E-state index contributed by atoms with van der Waals surface area (Å²) in [5.41, 5.74) is 6.99. The number of nitrogens with zero attached hydrogens (tertiary/aromatic N) is 3. The second kappa shape index (κ2) is 6.14. The number of nitrogens with two attached hydrogens (primary N) is 1. The van der Waals surface area contributed by atoms with Gasteiger partial charge in [0, 0.05) is 24.8 Å². The fourth-order valence-corrected chi connectivity index (χ4v) is 2.94. The molecule has 2 atom stereocenters. The van der Waals surface area contributed by atoms with Gasteiger partial charge >= 0.3 is 0 Å². The Labute approximate surface area is 110 Å². The van der Waals surface area contributed by atoms with Crippen molar-refractivity contribution in [3.05, 3.63) is 18.1 Å². The third-order valence-electron chi connectivity index (χ3n) is 4.00. The second-order valence-electron chi connectivity index (χ2n) is 5.22. The molecule has 1 aliphatic carbocycles. The zero-order chi connectivity index (χ0) is 13.0. The number of rotatable bonds is 5. The van der Waals surface area contributed by atoms with Gasteiger partial charge in [-0.25, -0.2) is 9.97 Å². The standard InChI is InChI=1S/C14H24N4/c1-3-5-12-8-14(17-10-16-12)18(2)13-7-4-6-11(13)9-15/h8,10-11,13H,3-7,9,15H2,1-2H3. The van der Waals surface area contributed by atoms with Gasteiger partial charge in [-0.15, -0.1) is 0 Å². The van der Waals surface area contributed by atoms with Gasteiger partial charge < -0.3 is 10.6 Å². The molecule has 1 fully saturated rings. The van der Waals surface area contributed by atoms with E-state index in [4.69, 9.17) is 5.73 Å². The van der Waals surface area contributed by atoms with Gasteiger partial charge in [0.25, 0.3) is 0 Å². The molecule has 0 aromatic carbocycles. The molecule has 4 nitrogen and oxygen atoms in total. The highest BCUT2D eigenvalue weighted by Crippen LogP contribution is 2.30. The summed E-state index contributed by atoms with van der Waals surface area (Å²) in [5, 5.41) is 0. The molecule has 0 amide bonds. The molecule has 0 aliphatic heterocycles. The lowest BCUT2D eigenvalue weighted by atomic mass is 10.0. The van der Waals surface area contributed by atoms with Crippen LogP contribution >= 0.6 is 0 Å². The van der Waals surface area contributed by atoms with E-state index in [1.54, 1.807) is 6.33 Å². The quantitative estimate of drug-likeness (QED) is 0.866. The molecule has 18 heavy (non-hydrogen) atoms. The minimum atomic E-state index is 0.541. The lowest BCUT2D eigenvalue weighted by Gasteiger charge is -2.30. The highest BCUT2D eigenvalue weighted by molar-refractivity contribution is 5.39. The lowest BCUT2D eigenvalue weighted by Crippen LogP contribution is -2.38. The molecule has 1 saturated carbocycles. The molecule has 1 aromatic rings. The molecular weight excluding hydrogens is 224 g/mol.